The summed E-state index contributed by atoms with van der Waals surface area (Å²) in [6.45, 7) is 3.31. The number of benzene rings is 1. The number of nitrogens with zero attached hydrogens (tertiary/aromatic N) is 2. The molecule has 1 N–H and O–H groups in total. The van der Waals surface area contributed by atoms with Crippen LogP contribution in [0, 0.1) is 0 Å². The van der Waals surface area contributed by atoms with E-state index in [0.29, 0.717) is 17.3 Å². The summed E-state index contributed by atoms with van der Waals surface area (Å²) < 4.78 is 5.45. The highest BCUT2D eigenvalue weighted by Gasteiger charge is 2.23. The summed E-state index contributed by atoms with van der Waals surface area (Å²) in [5.41, 5.74) is 0.709. The Morgan fingerprint density at radius 2 is 1.91 bits per heavy atom. The van der Waals surface area contributed by atoms with Gasteiger partial charge in [-0.05, 0) is 57.4 Å². The van der Waals surface area contributed by atoms with Crippen LogP contribution in [0.3, 0.4) is 0 Å². The van der Waals surface area contributed by atoms with Gasteiger partial charge in [0.15, 0.2) is 0 Å². The summed E-state index contributed by atoms with van der Waals surface area (Å²) in [7, 11) is 3.96. The van der Waals surface area contributed by atoms with E-state index in [1.54, 1.807) is 35.4 Å². The van der Waals surface area contributed by atoms with E-state index >= 15 is 0 Å². The Kier molecular flexibility index (Phi) is 6.07. The summed E-state index contributed by atoms with van der Waals surface area (Å²) in [5, 5.41) is 3.54. The number of urea groups is 1. The summed E-state index contributed by atoms with van der Waals surface area (Å²) >= 11 is 5.87. The lowest BCUT2D eigenvalue weighted by Gasteiger charge is -2.29. The summed E-state index contributed by atoms with van der Waals surface area (Å²) in [4.78, 5) is 16.5. The van der Waals surface area contributed by atoms with Crippen LogP contribution in [-0.2, 0) is 0 Å². The molecule has 6 heteroatoms. The van der Waals surface area contributed by atoms with Crippen molar-refractivity contribution in [2.45, 2.75) is 13.0 Å². The molecule has 23 heavy (non-hydrogen) atoms. The molecule has 0 saturated heterocycles. The molecule has 0 bridgehead atoms. The van der Waals surface area contributed by atoms with Crippen molar-refractivity contribution in [3.63, 3.8) is 0 Å². The molecule has 124 valence electrons. The van der Waals surface area contributed by atoms with Crippen LogP contribution in [0.1, 0.15) is 18.7 Å². The van der Waals surface area contributed by atoms with Crippen LogP contribution >= 0.6 is 11.6 Å². The van der Waals surface area contributed by atoms with Gasteiger partial charge in [0.1, 0.15) is 5.76 Å². The molecule has 0 saturated carbocycles. The maximum atomic E-state index is 12.7. The number of nitrogens with one attached hydrogen (secondary N) is 1. The predicted octanol–water partition coefficient (Wildman–Crippen LogP) is 4.09. The second-order valence-electron chi connectivity index (χ2n) is 5.63. The Bertz CT molecular complexity index is 611. The van der Waals surface area contributed by atoms with E-state index in [2.05, 4.69) is 5.32 Å². The van der Waals surface area contributed by atoms with Crippen molar-refractivity contribution in [1.29, 1.82) is 0 Å². The number of rotatable bonds is 6. The van der Waals surface area contributed by atoms with Crippen molar-refractivity contribution in [2.75, 3.05) is 32.5 Å². The Labute approximate surface area is 141 Å². The van der Waals surface area contributed by atoms with Gasteiger partial charge in [-0.25, -0.2) is 4.79 Å². The molecule has 0 spiro atoms. The van der Waals surface area contributed by atoms with Crippen molar-refractivity contribution in [1.82, 2.24) is 9.80 Å². The fourth-order valence-electron chi connectivity index (χ4n) is 2.19. The lowest BCUT2D eigenvalue weighted by molar-refractivity contribution is 0.176. The first-order chi connectivity index (χ1) is 11.0. The predicted molar refractivity (Wildman–Crippen MR) is 92.9 cm³/mol. The van der Waals surface area contributed by atoms with Crippen molar-refractivity contribution in [2.24, 2.45) is 0 Å². The van der Waals surface area contributed by atoms with Crippen LogP contribution in [0.4, 0.5) is 10.5 Å². The maximum Gasteiger partial charge on any atom is 0.322 e. The number of amides is 2. The van der Waals surface area contributed by atoms with Gasteiger partial charge >= 0.3 is 6.03 Å². The van der Waals surface area contributed by atoms with Gasteiger partial charge in [0.05, 0.1) is 12.3 Å². The lowest BCUT2D eigenvalue weighted by atomic mass is 10.2. The molecular formula is C17H22ClN3O2. The zero-order valence-corrected chi connectivity index (χ0v) is 14.4. The Morgan fingerprint density at radius 1 is 1.22 bits per heavy atom. The maximum absolute atomic E-state index is 12.7. The van der Waals surface area contributed by atoms with Crippen LogP contribution in [-0.4, -0.2) is 43.0 Å². The van der Waals surface area contributed by atoms with E-state index in [1.807, 2.05) is 38.1 Å². The minimum atomic E-state index is -0.168. The van der Waals surface area contributed by atoms with Crippen molar-refractivity contribution in [3.8, 4) is 0 Å². The summed E-state index contributed by atoms with van der Waals surface area (Å²) in [6, 6.07) is 10.4. The summed E-state index contributed by atoms with van der Waals surface area (Å²) in [6.07, 6.45) is 1.62. The van der Waals surface area contributed by atoms with E-state index in [9.17, 15) is 4.79 Å². The highest BCUT2D eigenvalue weighted by Crippen LogP contribution is 2.22. The van der Waals surface area contributed by atoms with Gasteiger partial charge in [-0.3, -0.25) is 0 Å². The average molecular weight is 336 g/mol. The van der Waals surface area contributed by atoms with Crippen LogP contribution in [0.5, 0.6) is 0 Å². The van der Waals surface area contributed by atoms with E-state index in [4.69, 9.17) is 16.0 Å². The van der Waals surface area contributed by atoms with Crippen molar-refractivity contribution >= 4 is 23.3 Å². The van der Waals surface area contributed by atoms with Crippen LogP contribution < -0.4 is 5.32 Å². The molecule has 1 unspecified atom stereocenters. The van der Waals surface area contributed by atoms with Gasteiger partial charge in [0, 0.05) is 23.8 Å². The largest absolute Gasteiger partial charge is 0.467 e. The van der Waals surface area contributed by atoms with Gasteiger partial charge in [-0.15, -0.1) is 0 Å². The van der Waals surface area contributed by atoms with Crippen LogP contribution in [0.15, 0.2) is 47.1 Å². The number of furan rings is 1. The monoisotopic (exact) mass is 335 g/mol. The normalized spacial score (nSPS) is 12.2. The third kappa shape index (κ3) is 5.01. The van der Waals surface area contributed by atoms with Crippen LogP contribution in [0.2, 0.25) is 5.02 Å². The molecule has 0 radical (unpaired) electrons. The number of hydrogen-bond acceptors (Lipinski definition) is 3. The minimum absolute atomic E-state index is 0.155. The van der Waals surface area contributed by atoms with Crippen molar-refractivity contribution in [3.05, 3.63) is 53.4 Å². The highest BCUT2D eigenvalue weighted by molar-refractivity contribution is 6.30. The zero-order chi connectivity index (χ0) is 16.8. The minimum Gasteiger partial charge on any atom is -0.467 e. The highest BCUT2D eigenvalue weighted by atomic mass is 35.5. The molecule has 1 heterocycles. The second kappa shape index (κ2) is 8.04. The van der Waals surface area contributed by atoms with Crippen molar-refractivity contribution < 1.29 is 9.21 Å². The molecule has 0 aliphatic carbocycles. The molecule has 5 nitrogen and oxygen atoms in total. The first kappa shape index (κ1) is 17.4. The van der Waals surface area contributed by atoms with Gasteiger partial charge in [-0.1, -0.05) is 11.6 Å². The first-order valence-corrected chi connectivity index (χ1v) is 7.86. The SMILES string of the molecule is CC(c1ccco1)N(CCN(C)C)C(=O)Nc1ccc(Cl)cc1. The quantitative estimate of drug-likeness (QED) is 0.865. The molecule has 1 aromatic carbocycles. The number of carbonyl (C=O) groups is 1. The molecule has 2 amide bonds. The van der Waals surface area contributed by atoms with Gasteiger partial charge in [0.25, 0.3) is 0 Å². The van der Waals surface area contributed by atoms with Crippen LogP contribution in [0.25, 0.3) is 0 Å². The number of carbonyl (C=O) groups excluding carboxylic acids is 1. The van der Waals surface area contributed by atoms with Gasteiger partial charge in [0.2, 0.25) is 0 Å². The second-order valence-corrected chi connectivity index (χ2v) is 6.06. The zero-order valence-electron chi connectivity index (χ0n) is 13.6. The fourth-order valence-corrected chi connectivity index (χ4v) is 2.32. The van der Waals surface area contributed by atoms with E-state index < -0.39 is 0 Å². The van der Waals surface area contributed by atoms with Gasteiger partial charge < -0.3 is 19.5 Å². The molecule has 0 aliphatic rings. The molecule has 1 aromatic heterocycles. The molecule has 2 aromatic rings. The standard InChI is InChI=1S/C17H22ClN3O2/c1-13(16-5-4-12-23-16)21(11-10-20(2)3)17(22)19-15-8-6-14(18)7-9-15/h4-9,12-13H,10-11H2,1-3H3,(H,19,22). The van der Waals surface area contributed by atoms with Gasteiger partial charge in [-0.2, -0.15) is 0 Å². The fraction of sp³-hybridized carbons (Fsp3) is 0.353. The third-order valence-electron chi connectivity index (χ3n) is 3.57. The Balaban J connectivity index is 2.11. The average Bonchev–Trinajstić information content (AvgIpc) is 3.03. The Hall–Kier alpha value is -1.98. The number of halogens is 1. The molecule has 2 rings (SSSR count). The first-order valence-electron chi connectivity index (χ1n) is 7.48. The van der Waals surface area contributed by atoms with E-state index in [-0.39, 0.29) is 12.1 Å². The Morgan fingerprint density at radius 3 is 2.48 bits per heavy atom. The number of likely N-dealkylation sites (N-methyl/N-ethyl adjacent to an activating group) is 1. The summed E-state index contributed by atoms with van der Waals surface area (Å²) in [5.74, 6) is 0.759. The topological polar surface area (TPSA) is 48.7 Å². The molecular weight excluding hydrogens is 314 g/mol. The molecule has 0 fully saturated rings. The van der Waals surface area contributed by atoms with E-state index in [1.165, 1.54) is 0 Å². The number of hydrogen-bond donors (Lipinski definition) is 1. The lowest BCUT2D eigenvalue weighted by Crippen LogP contribution is -2.41. The number of anilines is 1. The molecule has 1 atom stereocenters. The smallest absolute Gasteiger partial charge is 0.322 e. The molecule has 0 aliphatic heterocycles. The van der Waals surface area contributed by atoms with E-state index in [0.717, 1.165) is 12.3 Å². The third-order valence-corrected chi connectivity index (χ3v) is 3.82.